The van der Waals surface area contributed by atoms with Crippen molar-refractivity contribution in [3.05, 3.63) is 81.9 Å². The molecule has 39 heavy (non-hydrogen) atoms. The number of rotatable bonds is 6. The highest BCUT2D eigenvalue weighted by Crippen LogP contribution is 2.41. The average Bonchev–Trinajstić information content (AvgIpc) is 3.39. The topological polar surface area (TPSA) is 130 Å². The van der Waals surface area contributed by atoms with Crippen molar-refractivity contribution in [3.8, 4) is 22.8 Å². The van der Waals surface area contributed by atoms with E-state index in [0.717, 1.165) is 27.9 Å². The molecule has 2 aromatic carbocycles. The molecule has 0 radical (unpaired) electrons. The molecule has 10 heteroatoms. The fraction of sp³-hybridized carbons (Fsp3) is 0.241. The van der Waals surface area contributed by atoms with Crippen LogP contribution in [0.15, 0.2) is 48.5 Å². The predicted molar refractivity (Wildman–Crippen MR) is 150 cm³/mol. The minimum absolute atomic E-state index is 0.166. The molecule has 0 bridgehead atoms. The Bertz CT molecular complexity index is 1480. The molecule has 4 N–H and O–H groups in total. The summed E-state index contributed by atoms with van der Waals surface area (Å²) in [7, 11) is 3.12. The second-order valence-corrected chi connectivity index (χ2v) is 8.99. The van der Waals surface area contributed by atoms with Gasteiger partial charge in [-0.3, -0.25) is 4.79 Å². The number of nitrogens with two attached hydrogens (primary N) is 2. The van der Waals surface area contributed by atoms with Crippen LogP contribution in [-0.2, 0) is 22.4 Å². The second-order valence-electron chi connectivity index (χ2n) is 8.58. The van der Waals surface area contributed by atoms with Crippen molar-refractivity contribution in [1.82, 2.24) is 9.97 Å². The fourth-order valence-electron chi connectivity index (χ4n) is 4.40. The molecule has 0 fully saturated rings. The number of aryl methyl sites for hydroxylation is 3. The smallest absolute Gasteiger partial charge is 0.228 e. The molecule has 1 aliphatic rings. The van der Waals surface area contributed by atoms with E-state index in [0.29, 0.717) is 46.2 Å². The number of halogens is 2. The number of hydrogen-bond acceptors (Lipinski definition) is 7. The summed E-state index contributed by atoms with van der Waals surface area (Å²) in [6.07, 6.45) is 1.25. The lowest BCUT2D eigenvalue weighted by molar-refractivity contribution is -0.119. The van der Waals surface area contributed by atoms with Crippen LogP contribution >= 0.6 is 11.6 Å². The number of primary amides is 1. The SMILES string of the molecule is C=O.CN.COc1cc(CCc2cc3c(c(-c4ccc(F)cc4)n2)OCC3C(N)=O)cc2cc(Cl)c(C)nc12. The van der Waals surface area contributed by atoms with Crippen LogP contribution < -0.4 is 20.9 Å². The number of benzene rings is 2. The van der Waals surface area contributed by atoms with E-state index in [1.54, 1.807) is 19.2 Å². The van der Waals surface area contributed by atoms with Gasteiger partial charge in [0.25, 0.3) is 0 Å². The molecular weight excluding hydrogens is 523 g/mol. The lowest BCUT2D eigenvalue weighted by Gasteiger charge is -2.13. The maximum absolute atomic E-state index is 13.5. The zero-order valence-electron chi connectivity index (χ0n) is 22.0. The van der Waals surface area contributed by atoms with Gasteiger partial charge in [-0.1, -0.05) is 11.6 Å². The second kappa shape index (κ2) is 13.1. The molecule has 1 atom stereocenters. The first-order valence-electron chi connectivity index (χ1n) is 12.1. The molecule has 0 saturated heterocycles. The van der Waals surface area contributed by atoms with Crippen LogP contribution in [-0.4, -0.2) is 43.4 Å². The molecule has 0 aliphatic carbocycles. The Morgan fingerprint density at radius 2 is 1.82 bits per heavy atom. The summed E-state index contributed by atoms with van der Waals surface area (Å²) in [5, 5.41) is 1.49. The fourth-order valence-corrected chi connectivity index (χ4v) is 4.55. The van der Waals surface area contributed by atoms with Crippen LogP contribution in [0.2, 0.25) is 5.02 Å². The summed E-state index contributed by atoms with van der Waals surface area (Å²) >= 11 is 6.30. The van der Waals surface area contributed by atoms with Gasteiger partial charge < -0.3 is 25.7 Å². The lowest BCUT2D eigenvalue weighted by Crippen LogP contribution is -2.22. The first kappa shape index (κ1) is 29.5. The van der Waals surface area contributed by atoms with Crippen LogP contribution in [0.5, 0.6) is 11.5 Å². The number of amides is 1. The zero-order chi connectivity index (χ0) is 28.7. The van der Waals surface area contributed by atoms with Crippen LogP contribution in [0.3, 0.4) is 0 Å². The molecule has 1 amide bonds. The molecular formula is C29H30ClFN4O4. The molecule has 204 valence electrons. The quantitative estimate of drug-likeness (QED) is 0.359. The Morgan fingerprint density at radius 1 is 1.13 bits per heavy atom. The summed E-state index contributed by atoms with van der Waals surface area (Å²) < 4.78 is 24.9. The zero-order valence-corrected chi connectivity index (χ0v) is 22.7. The summed E-state index contributed by atoms with van der Waals surface area (Å²) in [6, 6.07) is 13.8. The van der Waals surface area contributed by atoms with Crippen molar-refractivity contribution in [2.75, 3.05) is 20.8 Å². The van der Waals surface area contributed by atoms with Gasteiger partial charge >= 0.3 is 0 Å². The Kier molecular flexibility index (Phi) is 9.92. The normalized spacial score (nSPS) is 13.3. The van der Waals surface area contributed by atoms with Gasteiger partial charge in [0.2, 0.25) is 5.91 Å². The highest BCUT2D eigenvalue weighted by Gasteiger charge is 2.32. The van der Waals surface area contributed by atoms with Gasteiger partial charge in [-0.05, 0) is 80.9 Å². The number of aromatic nitrogens is 2. The maximum atomic E-state index is 13.5. The third-order valence-corrected chi connectivity index (χ3v) is 6.63. The highest BCUT2D eigenvalue weighted by atomic mass is 35.5. The van der Waals surface area contributed by atoms with E-state index in [1.165, 1.54) is 19.2 Å². The monoisotopic (exact) mass is 552 g/mol. The van der Waals surface area contributed by atoms with E-state index < -0.39 is 11.8 Å². The van der Waals surface area contributed by atoms with E-state index >= 15 is 0 Å². The highest BCUT2D eigenvalue weighted by molar-refractivity contribution is 6.31. The Labute approximate surface area is 231 Å². The van der Waals surface area contributed by atoms with Crippen LogP contribution in [0.1, 0.15) is 28.4 Å². The molecule has 1 aliphatic heterocycles. The summed E-state index contributed by atoms with van der Waals surface area (Å²) in [5.41, 5.74) is 15.4. The lowest BCUT2D eigenvalue weighted by atomic mass is 9.96. The van der Waals surface area contributed by atoms with E-state index in [9.17, 15) is 9.18 Å². The van der Waals surface area contributed by atoms with Gasteiger partial charge in [-0.15, -0.1) is 0 Å². The van der Waals surface area contributed by atoms with Crippen LogP contribution in [0.25, 0.3) is 22.2 Å². The van der Waals surface area contributed by atoms with Gasteiger partial charge in [-0.25, -0.2) is 14.4 Å². The largest absolute Gasteiger partial charge is 0.494 e. The van der Waals surface area contributed by atoms with E-state index in [-0.39, 0.29) is 12.4 Å². The average molecular weight is 553 g/mol. The minimum Gasteiger partial charge on any atom is -0.494 e. The van der Waals surface area contributed by atoms with Crippen LogP contribution in [0.4, 0.5) is 4.39 Å². The molecule has 0 saturated carbocycles. The Balaban J connectivity index is 0.00000100. The minimum atomic E-state index is -0.553. The molecule has 3 heterocycles. The third kappa shape index (κ3) is 6.32. The van der Waals surface area contributed by atoms with Crippen molar-refractivity contribution in [2.45, 2.75) is 25.7 Å². The van der Waals surface area contributed by atoms with Gasteiger partial charge in [0, 0.05) is 22.2 Å². The summed E-state index contributed by atoms with van der Waals surface area (Å²) in [6.45, 7) is 4.02. The third-order valence-electron chi connectivity index (χ3n) is 6.25. The number of ether oxygens (including phenoxy) is 2. The first-order valence-corrected chi connectivity index (χ1v) is 12.4. The van der Waals surface area contributed by atoms with Crippen LogP contribution in [0, 0.1) is 12.7 Å². The number of hydrogen-bond donors (Lipinski definition) is 2. The maximum Gasteiger partial charge on any atom is 0.228 e. The van der Waals surface area contributed by atoms with E-state index in [4.69, 9.17) is 36.6 Å². The molecule has 8 nitrogen and oxygen atoms in total. The predicted octanol–water partition coefficient (Wildman–Crippen LogP) is 4.54. The van der Waals surface area contributed by atoms with Crippen molar-refractivity contribution in [1.29, 1.82) is 0 Å². The summed E-state index contributed by atoms with van der Waals surface area (Å²) in [5.74, 6) is -0.151. The van der Waals surface area contributed by atoms with Gasteiger partial charge in [-0.2, -0.15) is 0 Å². The molecule has 5 rings (SSSR count). The van der Waals surface area contributed by atoms with Crippen molar-refractivity contribution >= 4 is 35.2 Å². The number of carbonyl (C=O) groups excluding carboxylic acids is 2. The van der Waals surface area contributed by atoms with Gasteiger partial charge in [0.1, 0.15) is 47.8 Å². The molecule has 2 aromatic heterocycles. The van der Waals surface area contributed by atoms with Gasteiger partial charge in [0.05, 0.1) is 17.8 Å². The summed E-state index contributed by atoms with van der Waals surface area (Å²) in [4.78, 5) is 29.4. The Hall–Kier alpha value is -4.08. The number of methoxy groups -OCH3 is 1. The van der Waals surface area contributed by atoms with E-state index in [1.807, 2.05) is 38.0 Å². The Morgan fingerprint density at radius 3 is 2.46 bits per heavy atom. The van der Waals surface area contributed by atoms with E-state index in [2.05, 4.69) is 10.7 Å². The molecule has 1 unspecified atom stereocenters. The molecule has 4 aromatic rings. The standard InChI is InChI=1S/C27H23ClFN3O3.CH5N.CH2O/c1-14-22(28)11-17-9-15(10-23(34-2)24(17)31-14)3-8-19-12-20-21(27(30)33)13-35-26(20)25(32-19)16-4-6-18(29)7-5-16;2*1-2/h4-7,9-12,21H,3,8,13H2,1-2H3,(H2,30,33);2H2,1H3;1H2. The molecule has 0 spiro atoms. The number of fused-ring (bicyclic) bond motifs is 2. The first-order chi connectivity index (χ1) is 18.8. The number of nitrogens with zero attached hydrogens (tertiary/aromatic N) is 2. The van der Waals surface area contributed by atoms with Gasteiger partial charge in [0.15, 0.2) is 0 Å². The van der Waals surface area contributed by atoms with Crippen molar-refractivity contribution in [3.63, 3.8) is 0 Å². The number of carbonyl (C=O) groups is 2. The van der Waals surface area contributed by atoms with Crippen molar-refractivity contribution in [2.24, 2.45) is 11.5 Å². The number of pyridine rings is 2. The van der Waals surface area contributed by atoms with Crippen molar-refractivity contribution < 1.29 is 23.5 Å².